The van der Waals surface area contributed by atoms with Crippen molar-refractivity contribution in [2.45, 2.75) is 57.5 Å². The molecule has 4 rings (SSSR count). The summed E-state index contributed by atoms with van der Waals surface area (Å²) in [6, 6.07) is 13.0. The van der Waals surface area contributed by atoms with Crippen molar-refractivity contribution in [2.75, 3.05) is 18.0 Å². The van der Waals surface area contributed by atoms with Gasteiger partial charge in [0.25, 0.3) is 0 Å². The highest BCUT2D eigenvalue weighted by molar-refractivity contribution is 7.89. The Kier molecular flexibility index (Phi) is 6.59. The fourth-order valence-corrected chi connectivity index (χ4v) is 6.39. The van der Waals surface area contributed by atoms with Crippen LogP contribution in [0.15, 0.2) is 47.4 Å². The summed E-state index contributed by atoms with van der Waals surface area (Å²) in [6.07, 6.45) is 1.94. The number of amides is 2. The van der Waals surface area contributed by atoms with Gasteiger partial charge in [0.15, 0.2) is 0 Å². The number of anilines is 1. The van der Waals surface area contributed by atoms with E-state index in [0.29, 0.717) is 32.4 Å². The van der Waals surface area contributed by atoms with Crippen LogP contribution in [0, 0.1) is 12.8 Å². The van der Waals surface area contributed by atoms with E-state index in [-0.39, 0.29) is 35.2 Å². The normalized spacial score (nSPS) is 21.0. The maximum atomic E-state index is 13.4. The molecule has 0 spiro atoms. The van der Waals surface area contributed by atoms with Gasteiger partial charge in [0.1, 0.15) is 0 Å². The average molecular weight is 470 g/mol. The summed E-state index contributed by atoms with van der Waals surface area (Å²) < 4.78 is 28.2. The van der Waals surface area contributed by atoms with Crippen LogP contribution in [-0.4, -0.2) is 43.7 Å². The Labute approximate surface area is 195 Å². The maximum absolute atomic E-state index is 13.4. The second kappa shape index (κ2) is 9.27. The number of hydrogen-bond donors (Lipinski definition) is 1. The molecule has 0 saturated carbocycles. The van der Waals surface area contributed by atoms with Crippen molar-refractivity contribution in [3.8, 4) is 0 Å². The van der Waals surface area contributed by atoms with Crippen molar-refractivity contribution < 1.29 is 18.0 Å². The first kappa shape index (κ1) is 23.4. The first-order valence-corrected chi connectivity index (χ1v) is 12.9. The number of carbonyl (C=O) groups is 2. The second-order valence-corrected chi connectivity index (χ2v) is 11.1. The SMILES string of the molecule is CC(=O)N1c2ccc(S(=O)(=O)N3CCC[C@H](C(=O)NCc4ccc(C)cc4)C3)cc2C[C@H]1C. The van der Waals surface area contributed by atoms with Gasteiger partial charge in [-0.1, -0.05) is 29.8 Å². The molecule has 0 aromatic heterocycles. The third-order valence-corrected chi connectivity index (χ3v) is 8.45. The number of hydrogen-bond acceptors (Lipinski definition) is 4. The maximum Gasteiger partial charge on any atom is 0.243 e. The molecular formula is C25H31N3O4S. The van der Waals surface area contributed by atoms with Crippen molar-refractivity contribution in [3.05, 3.63) is 59.2 Å². The molecule has 2 aliphatic rings. The monoisotopic (exact) mass is 469 g/mol. The van der Waals surface area contributed by atoms with Gasteiger partial charge < -0.3 is 10.2 Å². The Hall–Kier alpha value is -2.71. The third-order valence-electron chi connectivity index (χ3n) is 6.59. The quantitative estimate of drug-likeness (QED) is 0.729. The Morgan fingerprint density at radius 3 is 2.55 bits per heavy atom. The number of sulfonamides is 1. The molecular weight excluding hydrogens is 438 g/mol. The average Bonchev–Trinajstić information content (AvgIpc) is 3.13. The van der Waals surface area contributed by atoms with Crippen molar-refractivity contribution >= 4 is 27.5 Å². The molecule has 33 heavy (non-hydrogen) atoms. The van der Waals surface area contributed by atoms with Gasteiger partial charge >= 0.3 is 0 Å². The van der Waals surface area contributed by atoms with Crippen molar-refractivity contribution in [3.63, 3.8) is 0 Å². The van der Waals surface area contributed by atoms with Gasteiger partial charge in [-0.15, -0.1) is 0 Å². The zero-order chi connectivity index (χ0) is 23.8. The molecule has 0 bridgehead atoms. The van der Waals surface area contributed by atoms with Crippen molar-refractivity contribution in [2.24, 2.45) is 5.92 Å². The molecule has 2 heterocycles. The molecule has 7 nitrogen and oxygen atoms in total. The van der Waals surface area contributed by atoms with E-state index < -0.39 is 10.0 Å². The number of nitrogens with zero attached hydrogens (tertiary/aromatic N) is 2. The summed E-state index contributed by atoms with van der Waals surface area (Å²) in [5.41, 5.74) is 3.82. The van der Waals surface area contributed by atoms with E-state index in [2.05, 4.69) is 5.32 Å². The molecule has 2 aromatic rings. The number of nitrogens with one attached hydrogen (secondary N) is 1. The van der Waals surface area contributed by atoms with Crippen LogP contribution in [0.5, 0.6) is 0 Å². The van der Waals surface area contributed by atoms with Gasteiger partial charge in [0, 0.05) is 38.3 Å². The van der Waals surface area contributed by atoms with E-state index in [1.165, 1.54) is 11.2 Å². The predicted molar refractivity (Wildman–Crippen MR) is 127 cm³/mol. The summed E-state index contributed by atoms with van der Waals surface area (Å²) >= 11 is 0. The molecule has 2 amide bonds. The van der Waals surface area contributed by atoms with Crippen LogP contribution in [0.2, 0.25) is 0 Å². The lowest BCUT2D eigenvalue weighted by Crippen LogP contribution is -2.45. The van der Waals surface area contributed by atoms with Gasteiger partial charge in [0.2, 0.25) is 21.8 Å². The molecule has 1 N–H and O–H groups in total. The summed E-state index contributed by atoms with van der Waals surface area (Å²) in [5, 5.41) is 2.96. The molecule has 2 aliphatic heterocycles. The van der Waals surface area contributed by atoms with E-state index in [4.69, 9.17) is 0 Å². The minimum Gasteiger partial charge on any atom is -0.352 e. The first-order valence-electron chi connectivity index (χ1n) is 11.4. The Bertz CT molecular complexity index is 1160. The van der Waals surface area contributed by atoms with Gasteiger partial charge in [-0.05, 0) is 62.4 Å². The number of rotatable bonds is 5. The molecule has 2 atom stereocenters. The van der Waals surface area contributed by atoms with Gasteiger partial charge in [0.05, 0.1) is 10.8 Å². The van der Waals surface area contributed by atoms with E-state index >= 15 is 0 Å². The van der Waals surface area contributed by atoms with Crippen LogP contribution in [-0.2, 0) is 32.6 Å². The molecule has 0 radical (unpaired) electrons. The summed E-state index contributed by atoms with van der Waals surface area (Å²) in [6.45, 7) is 6.50. The standard InChI is InChI=1S/C25H31N3O4S/c1-17-6-8-20(9-7-17)15-26-25(30)21-5-4-12-27(16-21)33(31,32)23-10-11-24-22(14-23)13-18(2)28(24)19(3)29/h6-11,14,18,21H,4-5,12-13,15-16H2,1-3H3,(H,26,30)/t18-,21+/m1/s1. The summed E-state index contributed by atoms with van der Waals surface area (Å²) in [5.74, 6) is -0.538. The highest BCUT2D eigenvalue weighted by Gasteiger charge is 2.35. The van der Waals surface area contributed by atoms with E-state index in [1.54, 1.807) is 23.1 Å². The van der Waals surface area contributed by atoms with Crippen LogP contribution in [0.3, 0.4) is 0 Å². The van der Waals surface area contributed by atoms with Crippen molar-refractivity contribution in [1.29, 1.82) is 0 Å². The minimum atomic E-state index is -3.73. The number of fused-ring (bicyclic) bond motifs is 1. The van der Waals surface area contributed by atoms with E-state index in [9.17, 15) is 18.0 Å². The number of piperidine rings is 1. The number of carbonyl (C=O) groups excluding carboxylic acids is 2. The fraction of sp³-hybridized carbons (Fsp3) is 0.440. The molecule has 1 fully saturated rings. The lowest BCUT2D eigenvalue weighted by molar-refractivity contribution is -0.126. The van der Waals surface area contributed by atoms with Crippen LogP contribution < -0.4 is 10.2 Å². The predicted octanol–water partition coefficient (Wildman–Crippen LogP) is 3.01. The van der Waals surface area contributed by atoms with E-state index in [1.807, 2.05) is 38.1 Å². The fourth-order valence-electron chi connectivity index (χ4n) is 4.81. The van der Waals surface area contributed by atoms with E-state index in [0.717, 1.165) is 22.4 Å². The number of aryl methyl sites for hydroxylation is 1. The number of benzene rings is 2. The van der Waals surface area contributed by atoms with Gasteiger partial charge in [-0.3, -0.25) is 9.59 Å². The second-order valence-electron chi connectivity index (χ2n) is 9.14. The molecule has 1 saturated heterocycles. The smallest absolute Gasteiger partial charge is 0.243 e. The molecule has 176 valence electrons. The van der Waals surface area contributed by atoms with Crippen LogP contribution >= 0.6 is 0 Å². The Balaban J connectivity index is 1.45. The zero-order valence-corrected chi connectivity index (χ0v) is 20.2. The Morgan fingerprint density at radius 2 is 1.85 bits per heavy atom. The van der Waals surface area contributed by atoms with Gasteiger partial charge in [-0.2, -0.15) is 4.31 Å². The first-order chi connectivity index (χ1) is 15.7. The van der Waals surface area contributed by atoms with Gasteiger partial charge in [-0.25, -0.2) is 8.42 Å². The zero-order valence-electron chi connectivity index (χ0n) is 19.4. The van der Waals surface area contributed by atoms with Crippen LogP contribution in [0.4, 0.5) is 5.69 Å². The van der Waals surface area contributed by atoms with Crippen molar-refractivity contribution in [1.82, 2.24) is 9.62 Å². The molecule has 8 heteroatoms. The highest BCUT2D eigenvalue weighted by atomic mass is 32.2. The molecule has 0 unspecified atom stereocenters. The topological polar surface area (TPSA) is 86.8 Å². The highest BCUT2D eigenvalue weighted by Crippen LogP contribution is 2.35. The largest absolute Gasteiger partial charge is 0.352 e. The minimum absolute atomic E-state index is 0.00652. The Morgan fingerprint density at radius 1 is 1.12 bits per heavy atom. The van der Waals surface area contributed by atoms with Crippen LogP contribution in [0.25, 0.3) is 0 Å². The summed E-state index contributed by atoms with van der Waals surface area (Å²) in [7, 11) is -3.73. The molecule has 0 aliphatic carbocycles. The van der Waals surface area contributed by atoms with Crippen LogP contribution in [0.1, 0.15) is 43.4 Å². The lowest BCUT2D eigenvalue weighted by atomic mass is 9.98. The molecule has 2 aromatic carbocycles. The third kappa shape index (κ3) is 4.82. The lowest BCUT2D eigenvalue weighted by Gasteiger charge is -2.31. The summed E-state index contributed by atoms with van der Waals surface area (Å²) in [4.78, 5) is 26.7.